The SMILES string of the molecule is CCOc1ccccc1-c1nc(CC(=O)N(C)CC(=O)Nc2ccccc2CC)cs1. The Bertz CT molecular complexity index is 1050. The van der Waals surface area contributed by atoms with Gasteiger partial charge in [-0.15, -0.1) is 11.3 Å². The molecule has 1 heterocycles. The van der Waals surface area contributed by atoms with E-state index in [1.807, 2.05) is 67.8 Å². The Labute approximate surface area is 186 Å². The van der Waals surface area contributed by atoms with Crippen molar-refractivity contribution < 1.29 is 14.3 Å². The van der Waals surface area contributed by atoms with E-state index < -0.39 is 0 Å². The lowest BCUT2D eigenvalue weighted by Crippen LogP contribution is -2.36. The molecule has 2 amide bonds. The Hall–Kier alpha value is -3.19. The van der Waals surface area contributed by atoms with Crippen molar-refractivity contribution in [1.29, 1.82) is 0 Å². The summed E-state index contributed by atoms with van der Waals surface area (Å²) in [6.45, 7) is 4.54. The van der Waals surface area contributed by atoms with Crippen molar-refractivity contribution in [3.8, 4) is 16.3 Å². The summed E-state index contributed by atoms with van der Waals surface area (Å²) >= 11 is 1.48. The smallest absolute Gasteiger partial charge is 0.243 e. The highest BCUT2D eigenvalue weighted by atomic mass is 32.1. The Morgan fingerprint density at radius 2 is 1.84 bits per heavy atom. The monoisotopic (exact) mass is 437 g/mol. The Morgan fingerprint density at radius 1 is 1.10 bits per heavy atom. The van der Waals surface area contributed by atoms with E-state index >= 15 is 0 Å². The van der Waals surface area contributed by atoms with Crippen molar-refractivity contribution in [2.45, 2.75) is 26.7 Å². The van der Waals surface area contributed by atoms with E-state index in [1.54, 1.807) is 7.05 Å². The van der Waals surface area contributed by atoms with Crippen molar-refractivity contribution >= 4 is 28.8 Å². The highest BCUT2D eigenvalue weighted by molar-refractivity contribution is 7.13. The fourth-order valence-corrected chi connectivity index (χ4v) is 4.02. The number of anilines is 1. The molecule has 1 N–H and O–H groups in total. The van der Waals surface area contributed by atoms with Crippen LogP contribution >= 0.6 is 11.3 Å². The molecule has 1 aromatic heterocycles. The maximum atomic E-state index is 12.6. The van der Waals surface area contributed by atoms with Gasteiger partial charge in [0.15, 0.2) is 0 Å². The fourth-order valence-electron chi connectivity index (χ4n) is 3.17. The summed E-state index contributed by atoms with van der Waals surface area (Å²) in [5, 5.41) is 5.58. The fraction of sp³-hybridized carbons (Fsp3) is 0.292. The number of benzene rings is 2. The van der Waals surface area contributed by atoms with Crippen LogP contribution in [0.5, 0.6) is 5.75 Å². The van der Waals surface area contributed by atoms with Gasteiger partial charge in [-0.3, -0.25) is 9.59 Å². The maximum Gasteiger partial charge on any atom is 0.243 e. The third-order valence-electron chi connectivity index (χ3n) is 4.78. The minimum Gasteiger partial charge on any atom is -0.493 e. The van der Waals surface area contributed by atoms with Crippen LogP contribution in [0.15, 0.2) is 53.9 Å². The second-order valence-corrected chi connectivity index (χ2v) is 7.92. The second kappa shape index (κ2) is 10.7. The van der Waals surface area contributed by atoms with Gasteiger partial charge < -0.3 is 15.0 Å². The number of para-hydroxylation sites is 2. The molecule has 162 valence electrons. The second-order valence-electron chi connectivity index (χ2n) is 7.06. The molecule has 7 heteroatoms. The highest BCUT2D eigenvalue weighted by Gasteiger charge is 2.17. The van der Waals surface area contributed by atoms with Crippen LogP contribution in [0.4, 0.5) is 5.69 Å². The van der Waals surface area contributed by atoms with Gasteiger partial charge in [0.25, 0.3) is 0 Å². The number of amides is 2. The third kappa shape index (κ3) is 5.92. The van der Waals surface area contributed by atoms with Gasteiger partial charge in [-0.25, -0.2) is 4.98 Å². The molecule has 0 atom stereocenters. The van der Waals surface area contributed by atoms with Crippen molar-refractivity contribution in [1.82, 2.24) is 9.88 Å². The van der Waals surface area contributed by atoms with E-state index in [2.05, 4.69) is 10.3 Å². The molecule has 0 unspecified atom stereocenters. The number of nitrogens with zero attached hydrogens (tertiary/aromatic N) is 2. The number of hydrogen-bond donors (Lipinski definition) is 1. The quantitative estimate of drug-likeness (QED) is 0.538. The molecule has 6 nitrogen and oxygen atoms in total. The predicted molar refractivity (Wildman–Crippen MR) is 125 cm³/mol. The van der Waals surface area contributed by atoms with Crippen LogP contribution in [-0.2, 0) is 22.4 Å². The zero-order valence-electron chi connectivity index (χ0n) is 18.1. The molecule has 0 saturated heterocycles. The summed E-state index contributed by atoms with van der Waals surface area (Å²) in [5.74, 6) is 0.397. The van der Waals surface area contributed by atoms with Gasteiger partial charge in [-0.1, -0.05) is 37.3 Å². The molecule has 31 heavy (non-hydrogen) atoms. The summed E-state index contributed by atoms with van der Waals surface area (Å²) in [7, 11) is 1.63. The largest absolute Gasteiger partial charge is 0.493 e. The number of likely N-dealkylation sites (N-methyl/N-ethyl adjacent to an activating group) is 1. The number of thiazole rings is 1. The van der Waals surface area contributed by atoms with Gasteiger partial charge in [0.2, 0.25) is 11.8 Å². The van der Waals surface area contributed by atoms with Crippen LogP contribution in [0.2, 0.25) is 0 Å². The summed E-state index contributed by atoms with van der Waals surface area (Å²) < 4.78 is 5.68. The molecule has 0 radical (unpaired) electrons. The van der Waals surface area contributed by atoms with Crippen LogP contribution in [-0.4, -0.2) is 41.9 Å². The molecular weight excluding hydrogens is 410 g/mol. The molecule has 2 aromatic carbocycles. The van der Waals surface area contributed by atoms with Crippen LogP contribution in [0.1, 0.15) is 25.1 Å². The number of ether oxygens (including phenoxy) is 1. The van der Waals surface area contributed by atoms with Gasteiger partial charge in [0.1, 0.15) is 10.8 Å². The minimum atomic E-state index is -0.221. The first kappa shape index (κ1) is 22.5. The van der Waals surface area contributed by atoms with E-state index in [0.717, 1.165) is 34.0 Å². The Morgan fingerprint density at radius 3 is 2.61 bits per heavy atom. The van der Waals surface area contributed by atoms with E-state index in [4.69, 9.17) is 4.74 Å². The highest BCUT2D eigenvalue weighted by Crippen LogP contribution is 2.32. The van der Waals surface area contributed by atoms with Crippen LogP contribution in [0.3, 0.4) is 0 Å². The molecule has 0 spiro atoms. The van der Waals surface area contributed by atoms with Gasteiger partial charge in [-0.2, -0.15) is 0 Å². The third-order valence-corrected chi connectivity index (χ3v) is 5.70. The molecule has 3 aromatic rings. The molecule has 3 rings (SSSR count). The van der Waals surface area contributed by atoms with Crippen molar-refractivity contribution in [2.24, 2.45) is 0 Å². The first-order valence-corrected chi connectivity index (χ1v) is 11.2. The van der Waals surface area contributed by atoms with E-state index in [-0.39, 0.29) is 24.8 Å². The van der Waals surface area contributed by atoms with Crippen molar-refractivity contribution in [2.75, 3.05) is 25.5 Å². The number of rotatable bonds is 9. The lowest BCUT2D eigenvalue weighted by Gasteiger charge is -2.17. The van der Waals surface area contributed by atoms with Crippen molar-refractivity contribution in [3.63, 3.8) is 0 Å². The number of carbonyl (C=O) groups excluding carboxylic acids is 2. The normalized spacial score (nSPS) is 10.5. The summed E-state index contributed by atoms with van der Waals surface area (Å²) in [5.41, 5.74) is 3.44. The molecule has 0 fully saturated rings. The number of hydrogen-bond acceptors (Lipinski definition) is 5. The molecular formula is C24H27N3O3S. The summed E-state index contributed by atoms with van der Waals surface area (Å²) in [6.07, 6.45) is 0.965. The van der Waals surface area contributed by atoms with Crippen molar-refractivity contribution in [3.05, 3.63) is 65.2 Å². The zero-order chi connectivity index (χ0) is 22.2. The van der Waals surface area contributed by atoms with Gasteiger partial charge in [0.05, 0.1) is 30.8 Å². The zero-order valence-corrected chi connectivity index (χ0v) is 18.9. The van der Waals surface area contributed by atoms with Gasteiger partial charge in [-0.05, 0) is 37.1 Å². The summed E-state index contributed by atoms with van der Waals surface area (Å²) in [6, 6.07) is 15.4. The number of aromatic nitrogens is 1. The average Bonchev–Trinajstić information content (AvgIpc) is 3.23. The topological polar surface area (TPSA) is 71.5 Å². The van der Waals surface area contributed by atoms with Crippen LogP contribution in [0.25, 0.3) is 10.6 Å². The molecule has 0 aliphatic heterocycles. The van der Waals surface area contributed by atoms with Crippen LogP contribution < -0.4 is 10.1 Å². The maximum absolute atomic E-state index is 12.6. The van der Waals surface area contributed by atoms with Crippen LogP contribution in [0, 0.1) is 0 Å². The molecule has 0 aliphatic carbocycles. The number of nitrogens with one attached hydrogen (secondary N) is 1. The molecule has 0 saturated carbocycles. The van der Waals surface area contributed by atoms with E-state index in [9.17, 15) is 9.59 Å². The number of aryl methyl sites for hydroxylation is 1. The lowest BCUT2D eigenvalue weighted by molar-refractivity contribution is -0.132. The van der Waals surface area contributed by atoms with Gasteiger partial charge in [0, 0.05) is 18.1 Å². The number of carbonyl (C=O) groups is 2. The molecule has 0 bridgehead atoms. The summed E-state index contributed by atoms with van der Waals surface area (Å²) in [4.78, 5) is 31.1. The Balaban J connectivity index is 1.60. The van der Waals surface area contributed by atoms with Gasteiger partial charge >= 0.3 is 0 Å². The minimum absolute atomic E-state index is 0.0128. The molecule has 0 aliphatic rings. The Kier molecular flexibility index (Phi) is 7.78. The lowest BCUT2D eigenvalue weighted by atomic mass is 10.1. The first-order valence-electron chi connectivity index (χ1n) is 10.3. The standard InChI is InChI=1S/C24H27N3O3S/c1-4-17-10-6-8-12-20(17)26-22(28)15-27(3)23(29)14-18-16-31-24(25-18)19-11-7-9-13-21(19)30-5-2/h6-13,16H,4-5,14-15H2,1-3H3,(H,26,28). The van der Waals surface area contributed by atoms with E-state index in [0.29, 0.717) is 12.3 Å². The average molecular weight is 438 g/mol. The predicted octanol–water partition coefficient (Wildman–Crippen LogP) is 4.41. The first-order chi connectivity index (χ1) is 15.0. The van der Waals surface area contributed by atoms with E-state index in [1.165, 1.54) is 16.2 Å².